The molecule has 1 fully saturated rings. The summed E-state index contributed by atoms with van der Waals surface area (Å²) < 4.78 is 17.1. The van der Waals surface area contributed by atoms with Crippen LogP contribution in [0, 0.1) is 11.8 Å². The van der Waals surface area contributed by atoms with Crippen molar-refractivity contribution in [1.82, 2.24) is 0 Å². The summed E-state index contributed by atoms with van der Waals surface area (Å²) in [5.74, 6) is 1.35. The molecule has 2 unspecified atom stereocenters. The van der Waals surface area contributed by atoms with Gasteiger partial charge in [0.05, 0.1) is 32.5 Å². The zero-order valence-corrected chi connectivity index (χ0v) is 15.4. The lowest BCUT2D eigenvalue weighted by Gasteiger charge is -2.42. The molecule has 6 nitrogen and oxygen atoms in total. The second-order valence-electron chi connectivity index (χ2n) is 6.06. The van der Waals surface area contributed by atoms with E-state index in [9.17, 15) is 0 Å². The van der Waals surface area contributed by atoms with Gasteiger partial charge >= 0.3 is 0 Å². The van der Waals surface area contributed by atoms with Crippen LogP contribution < -0.4 is 4.74 Å². The number of nitrogens with zero attached hydrogens (tertiary/aromatic N) is 3. The summed E-state index contributed by atoms with van der Waals surface area (Å²) >= 11 is 1.58. The van der Waals surface area contributed by atoms with Crippen LogP contribution in [-0.2, 0) is 16.1 Å². The Morgan fingerprint density at radius 1 is 1.25 bits per heavy atom. The number of rotatable bonds is 7. The molecule has 0 aliphatic carbocycles. The van der Waals surface area contributed by atoms with Crippen LogP contribution in [0.4, 0.5) is 0 Å². The van der Waals surface area contributed by atoms with Crippen LogP contribution >= 0.6 is 11.8 Å². The van der Waals surface area contributed by atoms with Crippen molar-refractivity contribution in [2.24, 2.45) is 17.0 Å². The summed E-state index contributed by atoms with van der Waals surface area (Å²) in [5, 5.41) is 3.93. The normalized spacial score (nSPS) is 29.8. The molecule has 0 aromatic heterocycles. The summed E-state index contributed by atoms with van der Waals surface area (Å²) in [4.78, 5) is 2.97. The lowest BCUT2D eigenvalue weighted by Crippen LogP contribution is -2.48. The Labute approximate surface area is 147 Å². The Hall–Kier alpha value is -1.40. The fourth-order valence-corrected chi connectivity index (χ4v) is 3.73. The molecule has 0 amide bonds. The maximum atomic E-state index is 8.77. The van der Waals surface area contributed by atoms with Crippen LogP contribution in [0.25, 0.3) is 10.4 Å². The molecule has 1 saturated heterocycles. The molecule has 1 aromatic rings. The van der Waals surface area contributed by atoms with E-state index in [1.165, 1.54) is 0 Å². The average molecular weight is 351 g/mol. The van der Waals surface area contributed by atoms with Crippen LogP contribution in [0.15, 0.2) is 29.4 Å². The van der Waals surface area contributed by atoms with Gasteiger partial charge in [-0.25, -0.2) is 0 Å². The van der Waals surface area contributed by atoms with Crippen molar-refractivity contribution >= 4 is 11.8 Å². The molecule has 5 atom stereocenters. The highest BCUT2D eigenvalue weighted by Gasteiger charge is 2.40. The summed E-state index contributed by atoms with van der Waals surface area (Å²) in [7, 11) is 1.65. The molecule has 7 heteroatoms. The molecular weight excluding hydrogens is 326 g/mol. The third-order valence-electron chi connectivity index (χ3n) is 4.67. The monoisotopic (exact) mass is 351 g/mol. The molecular formula is C17H25N3O3S. The van der Waals surface area contributed by atoms with E-state index < -0.39 is 0 Å². The number of hydrogen-bond acceptors (Lipinski definition) is 5. The van der Waals surface area contributed by atoms with Crippen molar-refractivity contribution in [3.63, 3.8) is 0 Å². The quantitative estimate of drug-likeness (QED) is 0.418. The average Bonchev–Trinajstić information content (AvgIpc) is 2.61. The van der Waals surface area contributed by atoms with Gasteiger partial charge in [-0.1, -0.05) is 31.1 Å². The number of azide groups is 1. The summed E-state index contributed by atoms with van der Waals surface area (Å²) in [5.41, 5.74) is 9.74. The van der Waals surface area contributed by atoms with Crippen molar-refractivity contribution in [1.29, 1.82) is 0 Å². The smallest absolute Gasteiger partial charge is 0.118 e. The van der Waals surface area contributed by atoms with E-state index in [1.54, 1.807) is 18.9 Å². The van der Waals surface area contributed by atoms with Crippen LogP contribution in [0.1, 0.15) is 19.4 Å². The van der Waals surface area contributed by atoms with Crippen molar-refractivity contribution in [3.05, 3.63) is 40.3 Å². The van der Waals surface area contributed by atoms with Crippen LogP contribution in [-0.4, -0.2) is 37.6 Å². The third kappa shape index (κ3) is 4.57. The highest BCUT2D eigenvalue weighted by Crippen LogP contribution is 2.36. The Morgan fingerprint density at radius 3 is 2.54 bits per heavy atom. The number of thioether (sulfide) groups is 1. The maximum Gasteiger partial charge on any atom is 0.118 e. The summed E-state index contributed by atoms with van der Waals surface area (Å²) in [6.45, 7) is 5.31. The lowest BCUT2D eigenvalue weighted by molar-refractivity contribution is -0.110. The minimum Gasteiger partial charge on any atom is -0.497 e. The molecule has 132 valence electrons. The Kier molecular flexibility index (Phi) is 7.24. The number of methoxy groups -OCH3 is 1. The zero-order valence-electron chi connectivity index (χ0n) is 14.6. The summed E-state index contributed by atoms with van der Waals surface area (Å²) in [6, 6.07) is 7.70. The second kappa shape index (κ2) is 9.18. The van der Waals surface area contributed by atoms with Gasteiger partial charge in [0.2, 0.25) is 0 Å². The summed E-state index contributed by atoms with van der Waals surface area (Å²) in [6.07, 6.45) is 1.98. The lowest BCUT2D eigenvalue weighted by atomic mass is 9.83. The van der Waals surface area contributed by atoms with E-state index in [0.29, 0.717) is 13.2 Å². The van der Waals surface area contributed by atoms with E-state index in [2.05, 4.69) is 23.9 Å². The highest BCUT2D eigenvalue weighted by atomic mass is 32.2. The van der Waals surface area contributed by atoms with Crippen LogP contribution in [0.5, 0.6) is 5.75 Å². The molecule has 0 spiro atoms. The first kappa shape index (κ1) is 18.9. The van der Waals surface area contributed by atoms with E-state index >= 15 is 0 Å². The van der Waals surface area contributed by atoms with Crippen LogP contribution in [0.3, 0.4) is 0 Å². The van der Waals surface area contributed by atoms with Gasteiger partial charge in [0.1, 0.15) is 11.2 Å². The molecule has 1 aliphatic rings. The highest BCUT2D eigenvalue weighted by molar-refractivity contribution is 7.99. The molecule has 24 heavy (non-hydrogen) atoms. The largest absolute Gasteiger partial charge is 0.497 e. The van der Waals surface area contributed by atoms with Gasteiger partial charge in [0, 0.05) is 4.91 Å². The second-order valence-corrected chi connectivity index (χ2v) is 6.99. The molecule has 2 rings (SSSR count). The van der Waals surface area contributed by atoms with E-state index in [-0.39, 0.29) is 29.4 Å². The fraction of sp³-hybridized carbons (Fsp3) is 0.647. The van der Waals surface area contributed by atoms with Gasteiger partial charge in [-0.15, -0.1) is 11.8 Å². The van der Waals surface area contributed by atoms with Gasteiger partial charge in [0.15, 0.2) is 0 Å². The van der Waals surface area contributed by atoms with Crippen molar-refractivity contribution in [2.75, 3.05) is 20.0 Å². The predicted molar refractivity (Wildman–Crippen MR) is 96.1 cm³/mol. The van der Waals surface area contributed by atoms with E-state index in [0.717, 1.165) is 11.3 Å². The van der Waals surface area contributed by atoms with E-state index in [1.807, 2.05) is 30.5 Å². The van der Waals surface area contributed by atoms with Crippen LogP contribution in [0.2, 0.25) is 0 Å². The first-order chi connectivity index (χ1) is 11.6. The van der Waals surface area contributed by atoms with Gasteiger partial charge in [-0.3, -0.25) is 0 Å². The first-order valence-corrected chi connectivity index (χ1v) is 9.32. The molecule has 1 aliphatic heterocycles. The van der Waals surface area contributed by atoms with Gasteiger partial charge in [-0.05, 0) is 41.3 Å². The zero-order chi connectivity index (χ0) is 17.5. The number of benzene rings is 1. The first-order valence-electron chi connectivity index (χ1n) is 8.03. The molecule has 0 N–H and O–H groups in total. The Morgan fingerprint density at radius 2 is 1.96 bits per heavy atom. The van der Waals surface area contributed by atoms with Crippen molar-refractivity contribution in [2.45, 2.75) is 38.0 Å². The molecule has 0 radical (unpaired) electrons. The predicted octanol–water partition coefficient (Wildman–Crippen LogP) is 4.25. The van der Waals surface area contributed by atoms with Gasteiger partial charge < -0.3 is 14.2 Å². The Bertz CT molecular complexity index is 561. The van der Waals surface area contributed by atoms with Gasteiger partial charge in [0.25, 0.3) is 0 Å². The number of hydrogen-bond donors (Lipinski definition) is 0. The molecule has 1 heterocycles. The SMILES string of the molecule is COc1ccc(COCC2O[C@@H](SC)C(N=[N+]=[N-])[C@@H](C)[C@H]2C)cc1. The standard InChI is InChI=1S/C17H25N3O3S/c1-11-12(2)16(19-20-18)17(24-4)23-15(11)10-22-9-13-5-7-14(21-3)8-6-13/h5-8,11-12,15-17H,9-10H2,1-4H3/t11-,12+,15?,16?,17+/m1/s1. The number of ether oxygens (including phenoxy) is 3. The van der Waals surface area contributed by atoms with Crippen molar-refractivity contribution in [3.8, 4) is 5.75 Å². The molecule has 0 bridgehead atoms. The van der Waals surface area contributed by atoms with E-state index in [4.69, 9.17) is 19.7 Å². The Balaban J connectivity index is 1.90. The third-order valence-corrected chi connectivity index (χ3v) is 5.52. The fourth-order valence-electron chi connectivity index (χ4n) is 2.89. The van der Waals surface area contributed by atoms with Gasteiger partial charge in [-0.2, -0.15) is 0 Å². The minimum absolute atomic E-state index is 0.000779. The maximum absolute atomic E-state index is 8.77. The van der Waals surface area contributed by atoms with Crippen molar-refractivity contribution < 1.29 is 14.2 Å². The topological polar surface area (TPSA) is 76.5 Å². The minimum atomic E-state index is -0.141. The molecule has 1 aromatic carbocycles. The molecule has 0 saturated carbocycles.